The Bertz CT molecular complexity index is 713. The van der Waals surface area contributed by atoms with Crippen LogP contribution in [-0.4, -0.2) is 24.5 Å². The molecule has 10 heteroatoms. The van der Waals surface area contributed by atoms with Crippen LogP contribution in [0.4, 0.5) is 13.2 Å². The van der Waals surface area contributed by atoms with E-state index in [9.17, 15) is 21.6 Å². The van der Waals surface area contributed by atoms with Crippen LogP contribution in [0, 0.1) is 0 Å². The fraction of sp³-hybridized carbons (Fsp3) is 0.364. The topological polar surface area (TPSA) is 65.5 Å². The molecule has 0 radical (unpaired) electrons. The molecule has 2 heterocycles. The largest absolute Gasteiger partial charge is 0.534 e. The minimum atomic E-state index is -5.78. The fourth-order valence-corrected chi connectivity index (χ4v) is 2.24. The van der Waals surface area contributed by atoms with Gasteiger partial charge >= 0.3 is 15.6 Å². The molecule has 0 unspecified atom stereocenters. The van der Waals surface area contributed by atoms with E-state index < -0.39 is 27.0 Å². The van der Waals surface area contributed by atoms with Crippen molar-refractivity contribution in [3.63, 3.8) is 0 Å². The summed E-state index contributed by atoms with van der Waals surface area (Å²) in [5.74, 6) is -0.433. The lowest BCUT2D eigenvalue weighted by molar-refractivity contribution is -0.0510. The number of fused-ring (bicyclic) bond motifs is 1. The lowest BCUT2D eigenvalue weighted by Crippen LogP contribution is -2.31. The summed E-state index contributed by atoms with van der Waals surface area (Å²) in [5.41, 5.74) is -6.64. The molecule has 0 amide bonds. The van der Waals surface area contributed by atoms with Crippen molar-refractivity contribution in [2.75, 3.05) is 0 Å². The van der Waals surface area contributed by atoms with Crippen LogP contribution in [0.1, 0.15) is 19.4 Å². The van der Waals surface area contributed by atoms with Crippen LogP contribution in [0.2, 0.25) is 5.15 Å². The molecule has 5 nitrogen and oxygen atoms in total. The molecule has 0 aromatic carbocycles. The summed E-state index contributed by atoms with van der Waals surface area (Å²) in [6, 6.07) is 1.26. The first-order valence-electron chi connectivity index (χ1n) is 5.50. The normalized spacial score (nSPS) is 17.5. The van der Waals surface area contributed by atoms with Gasteiger partial charge in [0.1, 0.15) is 16.5 Å². The quantitative estimate of drug-likeness (QED) is 0.469. The molecule has 0 spiro atoms. The number of alkyl halides is 3. The van der Waals surface area contributed by atoms with Gasteiger partial charge in [0, 0.05) is 18.3 Å². The van der Waals surface area contributed by atoms with Crippen LogP contribution in [0.25, 0.3) is 5.76 Å². The molecular formula is C11H9ClF3NO4S. The number of halogens is 4. The molecule has 116 valence electrons. The average molecular weight is 344 g/mol. The number of pyridine rings is 1. The Morgan fingerprint density at radius 2 is 2.00 bits per heavy atom. The zero-order valence-electron chi connectivity index (χ0n) is 10.7. The number of hydrogen-bond donors (Lipinski definition) is 0. The molecule has 0 bridgehead atoms. The monoisotopic (exact) mass is 343 g/mol. The molecule has 1 aliphatic rings. The van der Waals surface area contributed by atoms with E-state index in [0.29, 0.717) is 0 Å². The van der Waals surface area contributed by atoms with Crippen molar-refractivity contribution in [1.29, 1.82) is 0 Å². The Morgan fingerprint density at radius 3 is 2.57 bits per heavy atom. The van der Waals surface area contributed by atoms with Crippen molar-refractivity contribution >= 4 is 27.5 Å². The van der Waals surface area contributed by atoms with E-state index in [-0.39, 0.29) is 16.5 Å². The zero-order chi connectivity index (χ0) is 16.1. The lowest BCUT2D eigenvalue weighted by atomic mass is 10.0. The highest BCUT2D eigenvalue weighted by Gasteiger charge is 2.49. The number of aromatic nitrogens is 1. The smallest absolute Gasteiger partial charge is 0.483 e. The first-order valence-corrected chi connectivity index (χ1v) is 7.28. The van der Waals surface area contributed by atoms with Crippen LogP contribution in [0.3, 0.4) is 0 Å². The molecule has 0 N–H and O–H groups in total. The highest BCUT2D eigenvalue weighted by molar-refractivity contribution is 7.87. The third kappa shape index (κ3) is 3.24. The average Bonchev–Trinajstić information content (AvgIpc) is 2.24. The van der Waals surface area contributed by atoms with Crippen LogP contribution in [-0.2, 0) is 14.3 Å². The zero-order valence-corrected chi connectivity index (χ0v) is 12.3. The highest BCUT2D eigenvalue weighted by atomic mass is 35.5. The van der Waals surface area contributed by atoms with Crippen LogP contribution in [0.5, 0.6) is 5.75 Å². The second-order valence-electron chi connectivity index (χ2n) is 4.70. The Kier molecular flexibility index (Phi) is 3.61. The van der Waals surface area contributed by atoms with Crippen molar-refractivity contribution in [2.45, 2.75) is 25.0 Å². The molecule has 2 rings (SSSR count). The lowest BCUT2D eigenvalue weighted by Gasteiger charge is -2.30. The van der Waals surface area contributed by atoms with Gasteiger partial charge in [0.25, 0.3) is 0 Å². The number of ether oxygens (including phenoxy) is 1. The minimum absolute atomic E-state index is 0.0356. The minimum Gasteiger partial charge on any atom is -0.483 e. The van der Waals surface area contributed by atoms with E-state index in [4.69, 9.17) is 16.3 Å². The SMILES string of the molecule is CC1(C)C=C(OS(=O)(=O)C(F)(F)F)c2cnc(Cl)cc2O1. The van der Waals surface area contributed by atoms with Crippen LogP contribution in [0.15, 0.2) is 18.3 Å². The molecule has 0 fully saturated rings. The summed E-state index contributed by atoms with van der Waals surface area (Å²) in [6.07, 6.45) is 2.19. The van der Waals surface area contributed by atoms with Gasteiger partial charge in [-0.1, -0.05) is 11.6 Å². The molecule has 1 aliphatic heterocycles. The standard InChI is InChI=1S/C11H9ClF3NO4S/c1-10(2)4-8(20-21(17,18)11(13,14)15)6-5-16-9(12)3-7(6)19-10/h3-5H,1-2H3. The fourth-order valence-electron chi connectivity index (χ4n) is 1.62. The predicted molar refractivity (Wildman–Crippen MR) is 68.0 cm³/mol. The van der Waals surface area contributed by atoms with Gasteiger partial charge in [-0.05, 0) is 13.8 Å². The summed E-state index contributed by atoms with van der Waals surface area (Å²) in [7, 11) is -5.78. The van der Waals surface area contributed by atoms with Crippen LogP contribution < -0.4 is 4.74 Å². The van der Waals surface area contributed by atoms with E-state index in [1.54, 1.807) is 0 Å². The van der Waals surface area contributed by atoms with Gasteiger partial charge in [-0.25, -0.2) is 4.98 Å². The summed E-state index contributed by atoms with van der Waals surface area (Å²) < 4.78 is 69.2. The summed E-state index contributed by atoms with van der Waals surface area (Å²) in [4.78, 5) is 3.67. The third-order valence-electron chi connectivity index (χ3n) is 2.43. The predicted octanol–water partition coefficient (Wildman–Crippen LogP) is 3.11. The number of nitrogens with zero attached hydrogens (tertiary/aromatic N) is 1. The second kappa shape index (κ2) is 4.77. The summed E-state index contributed by atoms with van der Waals surface area (Å²) in [5, 5.41) is 0.0458. The highest BCUT2D eigenvalue weighted by Crippen LogP contribution is 2.39. The van der Waals surface area contributed by atoms with E-state index in [1.807, 2.05) is 0 Å². The maximum atomic E-state index is 12.4. The van der Waals surface area contributed by atoms with Gasteiger partial charge in [-0.15, -0.1) is 0 Å². The van der Waals surface area contributed by atoms with Gasteiger partial charge in [0.05, 0.1) is 5.56 Å². The Morgan fingerprint density at radius 1 is 1.38 bits per heavy atom. The van der Waals surface area contributed by atoms with Crippen LogP contribution >= 0.6 is 11.6 Å². The summed E-state index contributed by atoms with van der Waals surface area (Å²) >= 11 is 5.67. The van der Waals surface area contributed by atoms with Gasteiger partial charge in [0.15, 0.2) is 5.76 Å². The molecule has 21 heavy (non-hydrogen) atoms. The molecular weight excluding hydrogens is 335 g/mol. The molecule has 1 aromatic heterocycles. The van der Waals surface area contributed by atoms with E-state index in [0.717, 1.165) is 12.3 Å². The van der Waals surface area contributed by atoms with Gasteiger partial charge < -0.3 is 8.92 Å². The maximum Gasteiger partial charge on any atom is 0.534 e. The Hall–Kier alpha value is -1.48. The summed E-state index contributed by atoms with van der Waals surface area (Å²) in [6.45, 7) is 3.04. The molecule has 0 atom stereocenters. The molecule has 1 aromatic rings. The molecule has 0 saturated carbocycles. The maximum absolute atomic E-state index is 12.4. The third-order valence-corrected chi connectivity index (χ3v) is 3.61. The van der Waals surface area contributed by atoms with Crippen molar-refractivity contribution in [2.24, 2.45) is 0 Å². The van der Waals surface area contributed by atoms with Crippen molar-refractivity contribution in [3.8, 4) is 5.75 Å². The van der Waals surface area contributed by atoms with Crippen molar-refractivity contribution in [3.05, 3.63) is 29.1 Å². The van der Waals surface area contributed by atoms with Gasteiger partial charge in [0.2, 0.25) is 0 Å². The van der Waals surface area contributed by atoms with Gasteiger partial charge in [-0.2, -0.15) is 21.6 Å². The van der Waals surface area contributed by atoms with E-state index in [1.165, 1.54) is 19.9 Å². The number of rotatable bonds is 2. The first-order chi connectivity index (χ1) is 9.41. The van der Waals surface area contributed by atoms with E-state index >= 15 is 0 Å². The Labute approximate surface area is 123 Å². The number of hydrogen-bond acceptors (Lipinski definition) is 5. The van der Waals surface area contributed by atoms with E-state index in [2.05, 4.69) is 9.17 Å². The van der Waals surface area contributed by atoms with Gasteiger partial charge in [-0.3, -0.25) is 0 Å². The second-order valence-corrected chi connectivity index (χ2v) is 6.63. The molecule has 0 aliphatic carbocycles. The first kappa shape index (κ1) is 15.9. The van der Waals surface area contributed by atoms with Crippen molar-refractivity contribution < 1.29 is 30.5 Å². The molecule has 0 saturated heterocycles. The Balaban J connectivity index is 2.50. The van der Waals surface area contributed by atoms with Crippen molar-refractivity contribution in [1.82, 2.24) is 4.98 Å².